The second-order valence-corrected chi connectivity index (χ2v) is 6.09. The summed E-state index contributed by atoms with van der Waals surface area (Å²) in [5.74, 6) is -0.443. The van der Waals surface area contributed by atoms with E-state index in [1.54, 1.807) is 30.5 Å². The van der Waals surface area contributed by atoms with Gasteiger partial charge in [0.2, 0.25) is 5.91 Å². The van der Waals surface area contributed by atoms with Crippen molar-refractivity contribution in [3.63, 3.8) is 0 Å². The zero-order valence-electron chi connectivity index (χ0n) is 12.1. The first-order valence-corrected chi connectivity index (χ1v) is 7.47. The Labute approximate surface area is 130 Å². The van der Waals surface area contributed by atoms with Crippen molar-refractivity contribution in [1.82, 2.24) is 9.38 Å². The normalized spacial score (nSPS) is 10.6. The number of aryl methyl sites for hydroxylation is 1. The number of thiazole rings is 1. The summed E-state index contributed by atoms with van der Waals surface area (Å²) in [5.41, 5.74) is 1.59. The van der Waals surface area contributed by atoms with Crippen LogP contribution in [0.2, 0.25) is 0 Å². The van der Waals surface area contributed by atoms with Crippen molar-refractivity contribution in [1.29, 1.82) is 0 Å². The number of benzene rings is 1. The van der Waals surface area contributed by atoms with Gasteiger partial charge in [-0.25, -0.2) is 4.98 Å². The molecule has 2 aromatic heterocycles. The number of aromatic nitrogens is 2. The molecular formula is C15H14N4O2S. The Hall–Kier alpha value is -2.67. The van der Waals surface area contributed by atoms with Gasteiger partial charge >= 0.3 is 0 Å². The molecule has 0 radical (unpaired) electrons. The molecule has 2 heterocycles. The Morgan fingerprint density at radius 1 is 1.18 bits per heavy atom. The van der Waals surface area contributed by atoms with E-state index < -0.39 is 0 Å². The highest BCUT2D eigenvalue weighted by Crippen LogP contribution is 2.19. The molecule has 6 nitrogen and oxygen atoms in total. The predicted molar refractivity (Wildman–Crippen MR) is 86.5 cm³/mol. The number of rotatable bonds is 3. The van der Waals surface area contributed by atoms with Crippen LogP contribution < -0.4 is 10.6 Å². The third-order valence-corrected chi connectivity index (χ3v) is 3.86. The first-order valence-electron chi connectivity index (χ1n) is 6.65. The maximum absolute atomic E-state index is 12.2. The third kappa shape index (κ3) is 2.99. The lowest BCUT2D eigenvalue weighted by molar-refractivity contribution is -0.114. The van der Waals surface area contributed by atoms with Gasteiger partial charge in [0, 0.05) is 35.6 Å². The summed E-state index contributed by atoms with van der Waals surface area (Å²) in [6.45, 7) is 3.43. The van der Waals surface area contributed by atoms with Crippen molar-refractivity contribution in [2.24, 2.45) is 0 Å². The lowest BCUT2D eigenvalue weighted by atomic mass is 10.2. The summed E-state index contributed by atoms with van der Waals surface area (Å²) in [6.07, 6.45) is 3.63. The summed E-state index contributed by atoms with van der Waals surface area (Å²) >= 11 is 1.53. The molecule has 0 bridgehead atoms. The summed E-state index contributed by atoms with van der Waals surface area (Å²) < 4.78 is 1.84. The fourth-order valence-corrected chi connectivity index (χ4v) is 2.90. The Balaban J connectivity index is 1.78. The first-order chi connectivity index (χ1) is 10.5. The number of fused-ring (bicyclic) bond motifs is 1. The van der Waals surface area contributed by atoms with Crippen LogP contribution in [0.4, 0.5) is 11.4 Å². The molecule has 0 spiro atoms. The summed E-state index contributed by atoms with van der Waals surface area (Å²) in [6, 6.07) is 6.97. The van der Waals surface area contributed by atoms with E-state index in [4.69, 9.17) is 0 Å². The fourth-order valence-electron chi connectivity index (χ4n) is 2.09. The van der Waals surface area contributed by atoms with Crippen LogP contribution in [0.25, 0.3) is 4.96 Å². The van der Waals surface area contributed by atoms with Gasteiger partial charge in [0.05, 0.1) is 0 Å². The van der Waals surface area contributed by atoms with Crippen molar-refractivity contribution in [3.8, 4) is 0 Å². The summed E-state index contributed by atoms with van der Waals surface area (Å²) in [5, 5.41) is 5.45. The molecule has 2 N–H and O–H groups in total. The molecule has 0 aliphatic heterocycles. The van der Waals surface area contributed by atoms with Crippen LogP contribution in [0.1, 0.15) is 22.3 Å². The second kappa shape index (κ2) is 5.61. The molecule has 22 heavy (non-hydrogen) atoms. The third-order valence-electron chi connectivity index (χ3n) is 2.94. The highest BCUT2D eigenvalue weighted by atomic mass is 32.1. The maximum atomic E-state index is 12.2. The SMILES string of the molecule is CC(=O)Nc1cccc(NC(=O)c2cn3cc(C)sc3n2)c1. The van der Waals surface area contributed by atoms with Crippen molar-refractivity contribution >= 4 is 39.5 Å². The van der Waals surface area contributed by atoms with E-state index in [2.05, 4.69) is 15.6 Å². The molecule has 0 unspecified atom stereocenters. The number of nitrogens with zero attached hydrogens (tertiary/aromatic N) is 2. The van der Waals surface area contributed by atoms with E-state index in [1.807, 2.05) is 17.5 Å². The number of hydrogen-bond acceptors (Lipinski definition) is 4. The lowest BCUT2D eigenvalue weighted by Gasteiger charge is -2.06. The predicted octanol–water partition coefficient (Wildman–Crippen LogP) is 2.91. The zero-order valence-corrected chi connectivity index (χ0v) is 12.9. The van der Waals surface area contributed by atoms with Gasteiger partial charge in [0.25, 0.3) is 5.91 Å². The molecule has 1 aromatic carbocycles. The standard InChI is InChI=1S/C15H14N4O2S/c1-9-7-19-8-13(18-15(19)22-9)14(21)17-12-5-3-4-11(6-12)16-10(2)20/h3-8H,1-2H3,(H,16,20)(H,17,21). The van der Waals surface area contributed by atoms with E-state index in [0.29, 0.717) is 17.1 Å². The highest BCUT2D eigenvalue weighted by molar-refractivity contribution is 7.17. The first kappa shape index (κ1) is 14.3. The number of carbonyl (C=O) groups is 2. The van der Waals surface area contributed by atoms with Crippen LogP contribution in [-0.4, -0.2) is 21.2 Å². The minimum Gasteiger partial charge on any atom is -0.326 e. The van der Waals surface area contributed by atoms with E-state index in [1.165, 1.54) is 18.3 Å². The minimum absolute atomic E-state index is 0.159. The number of nitrogens with one attached hydrogen (secondary N) is 2. The molecule has 2 amide bonds. The fraction of sp³-hybridized carbons (Fsp3) is 0.133. The number of imidazole rings is 1. The van der Waals surface area contributed by atoms with E-state index >= 15 is 0 Å². The summed E-state index contributed by atoms with van der Waals surface area (Å²) in [7, 11) is 0. The van der Waals surface area contributed by atoms with Crippen LogP contribution in [-0.2, 0) is 4.79 Å². The monoisotopic (exact) mass is 314 g/mol. The zero-order chi connectivity index (χ0) is 15.7. The van der Waals surface area contributed by atoms with Crippen molar-refractivity contribution in [3.05, 3.63) is 47.2 Å². The molecule has 7 heteroatoms. The molecule has 0 atom stereocenters. The molecule has 3 rings (SSSR count). The van der Waals surface area contributed by atoms with Gasteiger partial charge < -0.3 is 10.6 Å². The van der Waals surface area contributed by atoms with Crippen molar-refractivity contribution < 1.29 is 9.59 Å². The molecular weight excluding hydrogens is 300 g/mol. The lowest BCUT2D eigenvalue weighted by Crippen LogP contribution is -2.13. The molecule has 0 saturated heterocycles. The number of carbonyl (C=O) groups excluding carboxylic acids is 2. The quantitative estimate of drug-likeness (QED) is 0.780. The number of amides is 2. The van der Waals surface area contributed by atoms with E-state index in [0.717, 1.165) is 9.84 Å². The number of anilines is 2. The van der Waals surface area contributed by atoms with Gasteiger partial charge in [-0.15, -0.1) is 11.3 Å². The summed E-state index contributed by atoms with van der Waals surface area (Å²) in [4.78, 5) is 29.5. The van der Waals surface area contributed by atoms with Crippen molar-refractivity contribution in [2.75, 3.05) is 10.6 Å². The minimum atomic E-state index is -0.284. The number of hydrogen-bond donors (Lipinski definition) is 2. The Bertz CT molecular complexity index is 834. The molecule has 0 saturated carbocycles. The smallest absolute Gasteiger partial charge is 0.275 e. The largest absolute Gasteiger partial charge is 0.326 e. The Morgan fingerprint density at radius 2 is 1.91 bits per heavy atom. The van der Waals surface area contributed by atoms with Gasteiger partial charge in [-0.1, -0.05) is 6.07 Å². The molecule has 0 aliphatic carbocycles. The van der Waals surface area contributed by atoms with Crippen molar-refractivity contribution in [2.45, 2.75) is 13.8 Å². The molecule has 112 valence electrons. The van der Waals surface area contributed by atoms with Crippen LogP contribution in [0.5, 0.6) is 0 Å². The Morgan fingerprint density at radius 3 is 2.59 bits per heavy atom. The maximum Gasteiger partial charge on any atom is 0.275 e. The average molecular weight is 314 g/mol. The second-order valence-electron chi connectivity index (χ2n) is 4.87. The van der Waals surface area contributed by atoms with Gasteiger partial charge in [-0.2, -0.15) is 0 Å². The highest BCUT2D eigenvalue weighted by Gasteiger charge is 2.12. The van der Waals surface area contributed by atoms with Crippen LogP contribution >= 0.6 is 11.3 Å². The van der Waals surface area contributed by atoms with Gasteiger partial charge in [-0.05, 0) is 25.1 Å². The van der Waals surface area contributed by atoms with Gasteiger partial charge in [0.15, 0.2) is 4.96 Å². The van der Waals surface area contributed by atoms with E-state index in [-0.39, 0.29) is 11.8 Å². The van der Waals surface area contributed by atoms with Gasteiger partial charge in [0.1, 0.15) is 5.69 Å². The molecule has 3 aromatic rings. The van der Waals surface area contributed by atoms with Gasteiger partial charge in [-0.3, -0.25) is 14.0 Å². The topological polar surface area (TPSA) is 75.5 Å². The average Bonchev–Trinajstić information content (AvgIpc) is 2.95. The van der Waals surface area contributed by atoms with Crippen LogP contribution in [0, 0.1) is 6.92 Å². The Kier molecular flexibility index (Phi) is 3.64. The van der Waals surface area contributed by atoms with E-state index in [9.17, 15) is 9.59 Å². The molecule has 0 fully saturated rings. The van der Waals surface area contributed by atoms with Crippen LogP contribution in [0.3, 0.4) is 0 Å². The molecule has 0 aliphatic rings. The van der Waals surface area contributed by atoms with Crippen LogP contribution in [0.15, 0.2) is 36.7 Å².